The highest BCUT2D eigenvalue weighted by molar-refractivity contribution is 6.24. The zero-order valence-electron chi connectivity index (χ0n) is 49.8. The maximum atomic E-state index is 4.33. The molecule has 0 bridgehead atoms. The molecule has 414 valence electrons. The van der Waals surface area contributed by atoms with Gasteiger partial charge in [0.25, 0.3) is 0 Å². The molecule has 0 aliphatic heterocycles. The lowest BCUT2D eigenvalue weighted by Gasteiger charge is -2.31. The molecule has 0 aromatic heterocycles. The monoisotopic (exact) mass is 1100 g/mol. The van der Waals surface area contributed by atoms with Gasteiger partial charge in [0.2, 0.25) is 0 Å². The molecule has 85 heavy (non-hydrogen) atoms. The van der Waals surface area contributed by atoms with Crippen molar-refractivity contribution >= 4 is 72.0 Å². The highest BCUT2D eigenvalue weighted by Gasteiger charge is 2.24. The van der Waals surface area contributed by atoms with Crippen LogP contribution >= 0.6 is 0 Å². The third kappa shape index (κ3) is 11.4. The molecule has 11 aromatic rings. The van der Waals surface area contributed by atoms with Crippen LogP contribution in [0, 0.1) is 27.7 Å². The second kappa shape index (κ2) is 24.4. The van der Waals surface area contributed by atoms with Crippen LogP contribution in [-0.2, 0) is 0 Å². The van der Waals surface area contributed by atoms with Gasteiger partial charge in [-0.05, 0) is 208 Å². The first-order chi connectivity index (χ1) is 41.5. The van der Waals surface area contributed by atoms with Crippen LogP contribution in [0.1, 0.15) is 60.9 Å². The predicted octanol–water partition coefficient (Wildman–Crippen LogP) is 24.0. The summed E-state index contributed by atoms with van der Waals surface area (Å²) in [6.45, 7) is 21.5. The predicted molar refractivity (Wildman–Crippen MR) is 369 cm³/mol. The van der Waals surface area contributed by atoms with E-state index in [0.717, 1.165) is 59.0 Å². The maximum Gasteiger partial charge on any atom is 0.0546 e. The first-order valence-electron chi connectivity index (χ1n) is 29.9. The quantitative estimate of drug-likeness (QED) is 0.0703. The molecule has 0 saturated heterocycles. The van der Waals surface area contributed by atoms with E-state index in [4.69, 9.17) is 0 Å². The average molecular weight is 1100 g/mol. The van der Waals surface area contributed by atoms with Crippen LogP contribution in [0.4, 0.5) is 34.1 Å². The Labute approximate surface area is 503 Å². The van der Waals surface area contributed by atoms with Crippen molar-refractivity contribution in [3.05, 3.63) is 330 Å². The zero-order chi connectivity index (χ0) is 58.6. The molecule has 0 saturated carbocycles. The van der Waals surface area contributed by atoms with Crippen LogP contribution in [0.2, 0.25) is 0 Å². The number of anilines is 6. The third-order valence-corrected chi connectivity index (χ3v) is 17.0. The fourth-order valence-corrected chi connectivity index (χ4v) is 12.5. The average Bonchev–Trinajstić information content (AvgIpc) is 1.38. The number of hydrogen-bond donors (Lipinski definition) is 0. The van der Waals surface area contributed by atoms with Crippen LogP contribution in [-0.4, -0.2) is 0 Å². The van der Waals surface area contributed by atoms with E-state index >= 15 is 0 Å². The van der Waals surface area contributed by atoms with Crippen molar-refractivity contribution in [1.82, 2.24) is 0 Å². The Hall–Kier alpha value is -10.0. The van der Waals surface area contributed by atoms with Crippen LogP contribution in [0.3, 0.4) is 0 Å². The summed E-state index contributed by atoms with van der Waals surface area (Å²) in [7, 11) is 0. The van der Waals surface area contributed by atoms with E-state index in [9.17, 15) is 0 Å². The molecule has 0 fully saturated rings. The van der Waals surface area contributed by atoms with Gasteiger partial charge in [-0.15, -0.1) is 0 Å². The van der Waals surface area contributed by atoms with Gasteiger partial charge >= 0.3 is 0 Å². The van der Waals surface area contributed by atoms with E-state index in [0.29, 0.717) is 0 Å². The minimum atomic E-state index is 0.908. The molecule has 0 spiro atoms. The van der Waals surface area contributed by atoms with Crippen molar-refractivity contribution in [2.45, 2.75) is 60.8 Å². The van der Waals surface area contributed by atoms with Crippen LogP contribution in [0.25, 0.3) is 71.3 Å². The van der Waals surface area contributed by atoms with Gasteiger partial charge in [0.05, 0.1) is 11.4 Å². The summed E-state index contributed by atoms with van der Waals surface area (Å²) < 4.78 is 0. The molecule has 1 aliphatic rings. The summed E-state index contributed by atoms with van der Waals surface area (Å²) in [5, 5.41) is 7.17. The molecular weight excluding hydrogens is 1020 g/mol. The number of allylic oxidation sites excluding steroid dienone is 12. The van der Waals surface area contributed by atoms with Gasteiger partial charge in [-0.25, -0.2) is 0 Å². The topological polar surface area (TPSA) is 6.48 Å². The van der Waals surface area contributed by atoms with E-state index in [2.05, 4.69) is 319 Å². The third-order valence-electron chi connectivity index (χ3n) is 17.0. The fourth-order valence-electron chi connectivity index (χ4n) is 12.5. The van der Waals surface area contributed by atoms with Crippen molar-refractivity contribution in [1.29, 1.82) is 0 Å². The SMILES string of the molecule is C=C/C=C\C(=C)C1=CC(/C(C)=C/C=C(\CC)c2ccc(N(c3ccc(C)cc3C)c3cc4c5ccccc5c(N(c5ccc(-c6ccc(-c7cccc(-c8ccccc8)c7)cc6)cc5)c5ccc(C)cc5C)cc4c4ccccc34)cc2)=CCC1. The Morgan fingerprint density at radius 3 is 1.45 bits per heavy atom. The molecule has 0 N–H and O–H groups in total. The Morgan fingerprint density at radius 2 is 0.929 bits per heavy atom. The molecule has 12 rings (SSSR count). The number of rotatable bonds is 16. The number of benzene rings is 11. The summed E-state index contributed by atoms with van der Waals surface area (Å²) in [5.74, 6) is 0. The number of nitrogens with zero attached hydrogens (tertiary/aromatic N) is 2. The molecule has 0 amide bonds. The van der Waals surface area contributed by atoms with Crippen molar-refractivity contribution in [3.8, 4) is 33.4 Å². The van der Waals surface area contributed by atoms with Gasteiger partial charge in [0.1, 0.15) is 0 Å². The summed E-state index contributed by atoms with van der Waals surface area (Å²) in [5.41, 5.74) is 26.2. The largest absolute Gasteiger partial charge is 0.310 e. The zero-order valence-corrected chi connectivity index (χ0v) is 49.8. The highest BCUT2D eigenvalue weighted by atomic mass is 15.2. The lowest BCUT2D eigenvalue weighted by Crippen LogP contribution is -2.13. The van der Waals surface area contributed by atoms with E-state index in [-0.39, 0.29) is 0 Å². The van der Waals surface area contributed by atoms with Gasteiger partial charge < -0.3 is 9.80 Å². The fraction of sp³-hybridized carbons (Fsp3) is 0.108. The number of hydrogen-bond acceptors (Lipinski definition) is 2. The molecule has 0 heterocycles. The Balaban J connectivity index is 0.941. The van der Waals surface area contributed by atoms with E-state index < -0.39 is 0 Å². The molecule has 0 unspecified atom stereocenters. The molecule has 0 atom stereocenters. The number of fused-ring (bicyclic) bond motifs is 5. The molecular formula is C83H72N2. The Morgan fingerprint density at radius 1 is 0.459 bits per heavy atom. The van der Waals surface area contributed by atoms with Crippen LogP contribution < -0.4 is 9.80 Å². The second-order valence-corrected chi connectivity index (χ2v) is 22.7. The van der Waals surface area contributed by atoms with Gasteiger partial charge in [0, 0.05) is 33.5 Å². The van der Waals surface area contributed by atoms with Gasteiger partial charge in [-0.2, -0.15) is 0 Å². The van der Waals surface area contributed by atoms with Gasteiger partial charge in [-0.3, -0.25) is 0 Å². The minimum Gasteiger partial charge on any atom is -0.310 e. The lowest BCUT2D eigenvalue weighted by atomic mass is 9.91. The molecule has 11 aromatic carbocycles. The first kappa shape index (κ1) is 55.5. The molecule has 0 radical (unpaired) electrons. The molecule has 2 nitrogen and oxygen atoms in total. The maximum absolute atomic E-state index is 4.33. The Kier molecular flexibility index (Phi) is 16.0. The number of aryl methyl sites for hydroxylation is 4. The smallest absolute Gasteiger partial charge is 0.0546 e. The van der Waals surface area contributed by atoms with Crippen molar-refractivity contribution in [2.75, 3.05) is 9.80 Å². The first-order valence-corrected chi connectivity index (χ1v) is 29.9. The molecule has 2 heteroatoms. The van der Waals surface area contributed by atoms with Crippen molar-refractivity contribution in [2.24, 2.45) is 0 Å². The van der Waals surface area contributed by atoms with Gasteiger partial charge in [0.15, 0.2) is 0 Å². The lowest BCUT2D eigenvalue weighted by molar-refractivity contribution is 0.964. The summed E-state index contributed by atoms with van der Waals surface area (Å²) in [4.78, 5) is 4.97. The van der Waals surface area contributed by atoms with E-state index in [1.165, 1.54) is 116 Å². The van der Waals surface area contributed by atoms with Crippen LogP contribution in [0.15, 0.2) is 302 Å². The molecule has 1 aliphatic carbocycles. The van der Waals surface area contributed by atoms with E-state index in [1.54, 1.807) is 6.08 Å². The van der Waals surface area contributed by atoms with Gasteiger partial charge in [-0.1, -0.05) is 244 Å². The van der Waals surface area contributed by atoms with Crippen LogP contribution in [0.5, 0.6) is 0 Å². The highest BCUT2D eigenvalue weighted by Crippen LogP contribution is 2.49. The van der Waals surface area contributed by atoms with Crippen molar-refractivity contribution in [3.63, 3.8) is 0 Å². The Bertz CT molecular complexity index is 4500. The minimum absolute atomic E-state index is 0.908. The second-order valence-electron chi connectivity index (χ2n) is 22.7. The standard InChI is InChI=1S/C83H72N2/c1-9-11-21-58(5)68-24-19-25-69(52-68)59(6)34-35-62(10-2)64-40-44-72(45-41-64)84(80-48-32-56(3)50-60(80)7)82-54-78-75-29-16-18-31-77(75)83(55-79(78)74-28-15-17-30-76(74)82)85(81-49-33-57(4)51-61(81)8)73-46-42-66(43-47-73)65-36-38-67(39-37-65)71-27-20-26-70(53-71)63-22-13-12-14-23-63/h9,11-18,20-23,25-55H,1,5,10,19,24H2,2-4,6-8H3/b21-11-,59-34+,62-35+. The summed E-state index contributed by atoms with van der Waals surface area (Å²) in [6.07, 6.45) is 18.0. The summed E-state index contributed by atoms with van der Waals surface area (Å²) in [6, 6.07) is 83.4. The summed E-state index contributed by atoms with van der Waals surface area (Å²) >= 11 is 0. The van der Waals surface area contributed by atoms with Crippen molar-refractivity contribution < 1.29 is 0 Å². The van der Waals surface area contributed by atoms with E-state index in [1.807, 2.05) is 6.08 Å². The normalized spacial score (nSPS) is 12.9.